The molecule has 3 N–H and O–H groups in total. The fourth-order valence-electron chi connectivity index (χ4n) is 1.78. The predicted octanol–water partition coefficient (Wildman–Crippen LogP) is 2.96. The second-order valence-electron chi connectivity index (χ2n) is 4.95. The first kappa shape index (κ1) is 14.9. The maximum absolute atomic E-state index is 12.1. The lowest BCUT2D eigenvalue weighted by Gasteiger charge is -2.13. The first-order valence-corrected chi connectivity index (χ1v) is 6.82. The number of urea groups is 1. The van der Waals surface area contributed by atoms with Gasteiger partial charge in [0.25, 0.3) is 0 Å². The third-order valence-corrected chi connectivity index (χ3v) is 4.47. The summed E-state index contributed by atoms with van der Waals surface area (Å²) in [5, 5.41) is 7.82. The summed E-state index contributed by atoms with van der Waals surface area (Å²) in [6.45, 7) is 1.72. The highest BCUT2D eigenvalue weighted by atomic mass is 35.5. The van der Waals surface area contributed by atoms with Crippen LogP contribution >= 0.6 is 23.2 Å². The normalized spacial score (nSPS) is 22.8. The smallest absolute Gasteiger partial charge is 0.318 e. The molecule has 1 aliphatic rings. The first-order chi connectivity index (χ1) is 9.28. The minimum absolute atomic E-state index is 0.236. The Balaban J connectivity index is 2.05. The molecule has 0 saturated heterocycles. The molecule has 1 aromatic carbocycles. The van der Waals surface area contributed by atoms with Crippen molar-refractivity contribution in [1.29, 1.82) is 0 Å². The van der Waals surface area contributed by atoms with Crippen molar-refractivity contribution >= 4 is 46.5 Å². The monoisotopic (exact) mass is 315 g/mol. The first-order valence-electron chi connectivity index (χ1n) is 6.06. The van der Waals surface area contributed by atoms with Crippen LogP contribution in [0.15, 0.2) is 24.3 Å². The van der Waals surface area contributed by atoms with Gasteiger partial charge in [-0.25, -0.2) is 4.79 Å². The van der Waals surface area contributed by atoms with Gasteiger partial charge in [0.2, 0.25) is 5.91 Å². The number of rotatable bonds is 3. The second-order valence-corrected chi connectivity index (χ2v) is 6.44. The molecule has 3 amide bonds. The standard InChI is InChI=1S/C13H15Cl2N3O2/c1-12(7-13(12,14)15)10(19)17-8-4-3-5-9(6-8)18-11(20)16-2/h3-6H,7H2,1-2H3,(H,17,19)(H2,16,18,20). The van der Waals surface area contributed by atoms with E-state index in [1.165, 1.54) is 7.05 Å². The molecule has 0 aromatic heterocycles. The Bertz CT molecular complexity index is 562. The van der Waals surface area contributed by atoms with E-state index >= 15 is 0 Å². The van der Waals surface area contributed by atoms with E-state index in [2.05, 4.69) is 16.0 Å². The molecular formula is C13H15Cl2N3O2. The number of carbonyl (C=O) groups excluding carboxylic acids is 2. The van der Waals surface area contributed by atoms with Crippen LogP contribution in [0.5, 0.6) is 0 Å². The highest BCUT2D eigenvalue weighted by Crippen LogP contribution is 2.64. The van der Waals surface area contributed by atoms with Crippen LogP contribution in [0.1, 0.15) is 13.3 Å². The molecule has 1 aromatic rings. The summed E-state index contributed by atoms with van der Waals surface area (Å²) in [6.07, 6.45) is 0.422. The van der Waals surface area contributed by atoms with Gasteiger partial charge in [0.15, 0.2) is 0 Å². The number of anilines is 2. The van der Waals surface area contributed by atoms with Crippen LogP contribution in [0.4, 0.5) is 16.2 Å². The second kappa shape index (κ2) is 5.14. The largest absolute Gasteiger partial charge is 0.341 e. The Hall–Kier alpha value is -1.46. The zero-order valence-electron chi connectivity index (χ0n) is 11.1. The molecule has 0 heterocycles. The Morgan fingerprint density at radius 2 is 1.75 bits per heavy atom. The molecule has 1 fully saturated rings. The van der Waals surface area contributed by atoms with Crippen LogP contribution in [0.3, 0.4) is 0 Å². The average molecular weight is 316 g/mol. The Labute approximate surface area is 127 Å². The van der Waals surface area contributed by atoms with Gasteiger partial charge in [-0.05, 0) is 31.5 Å². The summed E-state index contributed by atoms with van der Waals surface area (Å²) in [4.78, 5) is 23.3. The van der Waals surface area contributed by atoms with Crippen molar-refractivity contribution in [3.8, 4) is 0 Å². The molecule has 5 nitrogen and oxygen atoms in total. The lowest BCUT2D eigenvalue weighted by molar-refractivity contribution is -0.120. The van der Waals surface area contributed by atoms with Crippen molar-refractivity contribution in [2.75, 3.05) is 17.7 Å². The molecule has 1 atom stereocenters. The number of nitrogens with one attached hydrogen (secondary N) is 3. The van der Waals surface area contributed by atoms with Crippen LogP contribution in [0, 0.1) is 5.41 Å². The van der Waals surface area contributed by atoms with E-state index in [0.717, 1.165) is 0 Å². The van der Waals surface area contributed by atoms with Gasteiger partial charge in [-0.15, -0.1) is 23.2 Å². The van der Waals surface area contributed by atoms with E-state index in [1.807, 2.05) is 0 Å². The Morgan fingerprint density at radius 1 is 1.20 bits per heavy atom. The summed E-state index contributed by atoms with van der Waals surface area (Å²) in [7, 11) is 1.52. The molecule has 108 valence electrons. The zero-order valence-corrected chi connectivity index (χ0v) is 12.6. The maximum Gasteiger partial charge on any atom is 0.318 e. The van der Waals surface area contributed by atoms with Gasteiger partial charge in [0.1, 0.15) is 4.33 Å². The van der Waals surface area contributed by atoms with Crippen molar-refractivity contribution < 1.29 is 9.59 Å². The van der Waals surface area contributed by atoms with Gasteiger partial charge in [0, 0.05) is 18.4 Å². The number of hydrogen-bond donors (Lipinski definition) is 3. The quantitative estimate of drug-likeness (QED) is 0.750. The van der Waals surface area contributed by atoms with Crippen LogP contribution in [-0.2, 0) is 4.79 Å². The van der Waals surface area contributed by atoms with Gasteiger partial charge in [0.05, 0.1) is 5.41 Å². The fraction of sp³-hybridized carbons (Fsp3) is 0.385. The van der Waals surface area contributed by atoms with Crippen molar-refractivity contribution in [3.05, 3.63) is 24.3 Å². The molecule has 2 rings (SSSR count). The van der Waals surface area contributed by atoms with Crippen LogP contribution in [0.2, 0.25) is 0 Å². The average Bonchev–Trinajstić information content (AvgIpc) is 2.90. The molecule has 0 spiro atoms. The predicted molar refractivity (Wildman–Crippen MR) is 80.3 cm³/mol. The van der Waals surface area contributed by atoms with E-state index in [-0.39, 0.29) is 11.9 Å². The molecule has 1 saturated carbocycles. The molecule has 20 heavy (non-hydrogen) atoms. The van der Waals surface area contributed by atoms with Crippen molar-refractivity contribution in [2.45, 2.75) is 17.7 Å². The molecular weight excluding hydrogens is 301 g/mol. The lowest BCUT2D eigenvalue weighted by atomic mass is 10.1. The third-order valence-electron chi connectivity index (χ3n) is 3.36. The van der Waals surface area contributed by atoms with Gasteiger partial charge < -0.3 is 16.0 Å². The van der Waals surface area contributed by atoms with E-state index in [4.69, 9.17) is 23.2 Å². The number of benzene rings is 1. The van der Waals surface area contributed by atoms with E-state index in [0.29, 0.717) is 17.8 Å². The fourth-order valence-corrected chi connectivity index (χ4v) is 2.49. The summed E-state index contributed by atoms with van der Waals surface area (Å²) < 4.78 is -1.00. The van der Waals surface area contributed by atoms with Crippen molar-refractivity contribution in [1.82, 2.24) is 5.32 Å². The number of alkyl halides is 2. The molecule has 0 bridgehead atoms. The van der Waals surface area contributed by atoms with Gasteiger partial charge in [-0.3, -0.25) is 4.79 Å². The highest BCUT2D eigenvalue weighted by Gasteiger charge is 2.67. The minimum Gasteiger partial charge on any atom is -0.341 e. The number of hydrogen-bond acceptors (Lipinski definition) is 2. The Kier molecular flexibility index (Phi) is 3.84. The summed E-state index contributed by atoms with van der Waals surface area (Å²) in [6, 6.07) is 6.50. The number of carbonyl (C=O) groups is 2. The van der Waals surface area contributed by atoms with Crippen LogP contribution < -0.4 is 16.0 Å². The van der Waals surface area contributed by atoms with E-state index in [9.17, 15) is 9.59 Å². The maximum atomic E-state index is 12.1. The molecule has 7 heteroatoms. The highest BCUT2D eigenvalue weighted by molar-refractivity contribution is 6.53. The van der Waals surface area contributed by atoms with Crippen LogP contribution in [0.25, 0.3) is 0 Å². The summed E-state index contributed by atoms with van der Waals surface area (Å²) in [5.41, 5.74) is 0.368. The van der Waals surface area contributed by atoms with Crippen molar-refractivity contribution in [2.24, 2.45) is 5.41 Å². The third kappa shape index (κ3) is 2.83. The van der Waals surface area contributed by atoms with E-state index < -0.39 is 9.75 Å². The number of amides is 3. The SMILES string of the molecule is CNC(=O)Nc1cccc(NC(=O)C2(C)CC2(Cl)Cl)c1. The molecule has 1 unspecified atom stereocenters. The molecule has 1 aliphatic carbocycles. The molecule has 0 radical (unpaired) electrons. The Morgan fingerprint density at radius 3 is 2.25 bits per heavy atom. The summed E-state index contributed by atoms with van der Waals surface area (Å²) in [5.74, 6) is -0.236. The van der Waals surface area contributed by atoms with Crippen LogP contribution in [-0.4, -0.2) is 23.3 Å². The van der Waals surface area contributed by atoms with Gasteiger partial charge in [-0.1, -0.05) is 6.07 Å². The molecule has 0 aliphatic heterocycles. The summed E-state index contributed by atoms with van der Waals surface area (Å²) >= 11 is 11.9. The minimum atomic E-state index is -1.00. The zero-order chi connectivity index (χ0) is 15.0. The van der Waals surface area contributed by atoms with Gasteiger partial charge in [-0.2, -0.15) is 0 Å². The number of halogens is 2. The van der Waals surface area contributed by atoms with Crippen molar-refractivity contribution in [3.63, 3.8) is 0 Å². The van der Waals surface area contributed by atoms with Gasteiger partial charge >= 0.3 is 6.03 Å². The van der Waals surface area contributed by atoms with E-state index in [1.54, 1.807) is 31.2 Å². The lowest BCUT2D eigenvalue weighted by Crippen LogP contribution is -2.26. The topological polar surface area (TPSA) is 70.2 Å².